The van der Waals surface area contributed by atoms with Crippen molar-refractivity contribution in [2.24, 2.45) is 0 Å². The monoisotopic (exact) mass is 262 g/mol. The highest BCUT2D eigenvalue weighted by molar-refractivity contribution is 5.77. The highest BCUT2D eigenvalue weighted by atomic mass is 16.6. The van der Waals surface area contributed by atoms with Gasteiger partial charge in [-0.2, -0.15) is 4.98 Å². The van der Waals surface area contributed by atoms with E-state index in [2.05, 4.69) is 17.2 Å². The summed E-state index contributed by atoms with van der Waals surface area (Å²) >= 11 is 0. The van der Waals surface area contributed by atoms with Crippen molar-refractivity contribution in [1.29, 1.82) is 0 Å². The van der Waals surface area contributed by atoms with Gasteiger partial charge in [0, 0.05) is 31.7 Å². The number of non-ortho nitro benzene ring substituents is 1. The summed E-state index contributed by atoms with van der Waals surface area (Å²) in [5.74, 6) is 0. The third-order valence-electron chi connectivity index (χ3n) is 3.21. The Balaban J connectivity index is 1.94. The SMILES string of the molecule is C[C@H]1CN(c2nc3ccc([N+](=O)[O-])cc3o2)CCN1. The Morgan fingerprint density at radius 1 is 1.58 bits per heavy atom. The number of oxazole rings is 1. The van der Waals surface area contributed by atoms with Crippen LogP contribution in [-0.2, 0) is 0 Å². The minimum atomic E-state index is -0.436. The van der Waals surface area contributed by atoms with Gasteiger partial charge in [-0.3, -0.25) is 10.1 Å². The number of nitro groups is 1. The zero-order chi connectivity index (χ0) is 13.4. The fourth-order valence-corrected chi connectivity index (χ4v) is 2.26. The number of hydrogen-bond acceptors (Lipinski definition) is 6. The molecule has 7 nitrogen and oxygen atoms in total. The molecule has 3 rings (SSSR count). The first-order chi connectivity index (χ1) is 9.13. The molecule has 0 aliphatic carbocycles. The molecule has 0 unspecified atom stereocenters. The molecule has 1 atom stereocenters. The first kappa shape index (κ1) is 11.9. The average molecular weight is 262 g/mol. The summed E-state index contributed by atoms with van der Waals surface area (Å²) in [5.41, 5.74) is 1.12. The zero-order valence-electron chi connectivity index (χ0n) is 10.5. The number of piperazine rings is 1. The number of benzene rings is 1. The van der Waals surface area contributed by atoms with Crippen LogP contribution in [0.15, 0.2) is 22.6 Å². The number of aromatic nitrogens is 1. The molecule has 100 valence electrons. The molecular formula is C12H14N4O3. The van der Waals surface area contributed by atoms with Gasteiger partial charge in [0.15, 0.2) is 5.58 Å². The molecule has 1 aliphatic rings. The Morgan fingerprint density at radius 2 is 2.42 bits per heavy atom. The summed E-state index contributed by atoms with van der Waals surface area (Å²) in [6.07, 6.45) is 0. The minimum absolute atomic E-state index is 0.0175. The molecule has 1 aromatic heterocycles. The van der Waals surface area contributed by atoms with Crippen LogP contribution in [0.3, 0.4) is 0 Å². The summed E-state index contributed by atoms with van der Waals surface area (Å²) in [6.45, 7) is 4.61. The van der Waals surface area contributed by atoms with Crippen LogP contribution in [0.25, 0.3) is 11.1 Å². The Bertz CT molecular complexity index is 624. The van der Waals surface area contributed by atoms with E-state index < -0.39 is 4.92 Å². The molecule has 0 amide bonds. The van der Waals surface area contributed by atoms with Gasteiger partial charge in [-0.25, -0.2) is 0 Å². The van der Waals surface area contributed by atoms with Crippen LogP contribution in [0.5, 0.6) is 0 Å². The molecule has 1 aliphatic heterocycles. The van der Waals surface area contributed by atoms with E-state index in [1.165, 1.54) is 12.1 Å². The van der Waals surface area contributed by atoms with E-state index in [1.54, 1.807) is 6.07 Å². The lowest BCUT2D eigenvalue weighted by Gasteiger charge is -2.30. The van der Waals surface area contributed by atoms with Crippen molar-refractivity contribution in [3.8, 4) is 0 Å². The van der Waals surface area contributed by atoms with Crippen molar-refractivity contribution in [1.82, 2.24) is 10.3 Å². The van der Waals surface area contributed by atoms with Crippen LogP contribution in [-0.4, -0.2) is 35.6 Å². The van der Waals surface area contributed by atoms with Crippen molar-refractivity contribution < 1.29 is 9.34 Å². The van der Waals surface area contributed by atoms with Gasteiger partial charge in [0.2, 0.25) is 0 Å². The van der Waals surface area contributed by atoms with Crippen molar-refractivity contribution in [3.63, 3.8) is 0 Å². The van der Waals surface area contributed by atoms with E-state index in [0.717, 1.165) is 19.6 Å². The standard InChI is InChI=1S/C12H14N4O3/c1-8-7-15(5-4-13-8)12-14-10-3-2-9(16(17)18)6-11(10)19-12/h2-3,6,8,13H,4-5,7H2,1H3/t8-/m0/s1. The molecule has 1 saturated heterocycles. The third kappa shape index (κ3) is 2.24. The largest absolute Gasteiger partial charge is 0.423 e. The Hall–Kier alpha value is -2.15. The summed E-state index contributed by atoms with van der Waals surface area (Å²) in [4.78, 5) is 16.7. The highest BCUT2D eigenvalue weighted by Gasteiger charge is 2.21. The molecule has 0 spiro atoms. The van der Waals surface area contributed by atoms with Gasteiger partial charge in [0.05, 0.1) is 11.0 Å². The topological polar surface area (TPSA) is 84.4 Å². The molecule has 7 heteroatoms. The molecule has 1 fully saturated rings. The van der Waals surface area contributed by atoms with Crippen molar-refractivity contribution in [2.75, 3.05) is 24.5 Å². The number of rotatable bonds is 2. The normalized spacial score (nSPS) is 19.8. The second-order valence-corrected chi connectivity index (χ2v) is 4.71. The first-order valence-electron chi connectivity index (χ1n) is 6.17. The number of fused-ring (bicyclic) bond motifs is 1. The number of nitrogens with one attached hydrogen (secondary N) is 1. The van der Waals surface area contributed by atoms with E-state index in [-0.39, 0.29) is 5.69 Å². The molecule has 0 radical (unpaired) electrons. The third-order valence-corrected chi connectivity index (χ3v) is 3.21. The molecule has 0 bridgehead atoms. The molecule has 0 saturated carbocycles. The van der Waals surface area contributed by atoms with Crippen LogP contribution in [0.2, 0.25) is 0 Å². The van der Waals surface area contributed by atoms with Gasteiger partial charge >= 0.3 is 0 Å². The fraction of sp³-hybridized carbons (Fsp3) is 0.417. The molecule has 19 heavy (non-hydrogen) atoms. The minimum Gasteiger partial charge on any atom is -0.423 e. The molecule has 1 N–H and O–H groups in total. The zero-order valence-corrected chi connectivity index (χ0v) is 10.5. The lowest BCUT2D eigenvalue weighted by molar-refractivity contribution is -0.384. The average Bonchev–Trinajstić information content (AvgIpc) is 2.81. The fourth-order valence-electron chi connectivity index (χ4n) is 2.26. The maximum Gasteiger partial charge on any atom is 0.298 e. The number of nitrogens with zero attached hydrogens (tertiary/aromatic N) is 3. The van der Waals surface area contributed by atoms with Gasteiger partial charge in [-0.15, -0.1) is 0 Å². The van der Waals surface area contributed by atoms with Crippen molar-refractivity contribution in [2.45, 2.75) is 13.0 Å². The maximum atomic E-state index is 10.7. The maximum absolute atomic E-state index is 10.7. The first-order valence-corrected chi connectivity index (χ1v) is 6.17. The van der Waals surface area contributed by atoms with E-state index in [1.807, 2.05) is 4.90 Å². The van der Waals surface area contributed by atoms with Gasteiger partial charge in [0.1, 0.15) is 5.52 Å². The number of nitro benzene ring substituents is 1. The lowest BCUT2D eigenvalue weighted by atomic mass is 10.2. The van der Waals surface area contributed by atoms with Crippen molar-refractivity contribution >= 4 is 22.8 Å². The second-order valence-electron chi connectivity index (χ2n) is 4.71. The molecule has 1 aromatic carbocycles. The summed E-state index contributed by atoms with van der Waals surface area (Å²) in [6, 6.07) is 5.38. The van der Waals surface area contributed by atoms with Crippen molar-refractivity contribution in [3.05, 3.63) is 28.3 Å². The van der Waals surface area contributed by atoms with E-state index in [4.69, 9.17) is 4.42 Å². The molecular weight excluding hydrogens is 248 g/mol. The van der Waals surface area contributed by atoms with Crippen LogP contribution in [0, 0.1) is 10.1 Å². The van der Waals surface area contributed by atoms with Crippen LogP contribution in [0.1, 0.15) is 6.92 Å². The van der Waals surface area contributed by atoms with Gasteiger partial charge in [-0.1, -0.05) is 0 Å². The lowest BCUT2D eigenvalue weighted by Crippen LogP contribution is -2.49. The quantitative estimate of drug-likeness (QED) is 0.652. The second kappa shape index (κ2) is 4.51. The smallest absolute Gasteiger partial charge is 0.298 e. The Kier molecular flexibility index (Phi) is 2.83. The Labute approximate surface area is 109 Å². The van der Waals surface area contributed by atoms with E-state index in [9.17, 15) is 10.1 Å². The van der Waals surface area contributed by atoms with Gasteiger partial charge < -0.3 is 14.6 Å². The predicted octanol–water partition coefficient (Wildman–Crippen LogP) is 1.53. The Morgan fingerprint density at radius 3 is 3.16 bits per heavy atom. The molecule has 2 aromatic rings. The van der Waals surface area contributed by atoms with Crippen LogP contribution < -0.4 is 10.2 Å². The van der Waals surface area contributed by atoms with Crippen LogP contribution in [0.4, 0.5) is 11.7 Å². The molecule has 2 heterocycles. The number of hydrogen-bond donors (Lipinski definition) is 1. The van der Waals surface area contributed by atoms with Gasteiger partial charge in [0.25, 0.3) is 11.7 Å². The van der Waals surface area contributed by atoms with Crippen LogP contribution >= 0.6 is 0 Å². The van der Waals surface area contributed by atoms with Gasteiger partial charge in [-0.05, 0) is 13.0 Å². The predicted molar refractivity (Wildman–Crippen MR) is 70.3 cm³/mol. The summed E-state index contributed by atoms with van der Waals surface area (Å²) < 4.78 is 5.63. The van der Waals surface area contributed by atoms with E-state index >= 15 is 0 Å². The summed E-state index contributed by atoms with van der Waals surface area (Å²) in [7, 11) is 0. The summed E-state index contributed by atoms with van der Waals surface area (Å²) in [5, 5.41) is 14.1. The van der Waals surface area contributed by atoms with E-state index in [0.29, 0.717) is 23.2 Å². The number of anilines is 1. The highest BCUT2D eigenvalue weighted by Crippen LogP contribution is 2.26.